The first-order valence-electron chi connectivity index (χ1n) is 7.55. The van der Waals surface area contributed by atoms with Crippen molar-refractivity contribution in [1.29, 1.82) is 0 Å². The van der Waals surface area contributed by atoms with Gasteiger partial charge in [0.05, 0.1) is 6.61 Å². The van der Waals surface area contributed by atoms with E-state index in [0.29, 0.717) is 19.6 Å². The maximum atomic E-state index is 11.6. The lowest BCUT2D eigenvalue weighted by Crippen LogP contribution is -2.04. The average Bonchev–Trinajstić information content (AvgIpc) is 2.50. The van der Waals surface area contributed by atoms with Crippen molar-refractivity contribution < 1.29 is 14.3 Å². The molecule has 0 aromatic heterocycles. The van der Waals surface area contributed by atoms with Crippen LogP contribution in [0.2, 0.25) is 0 Å². The number of rotatable bonds is 9. The second-order valence-electron chi connectivity index (χ2n) is 4.79. The molecule has 0 N–H and O–H groups in total. The number of carbonyl (C=O) groups excluding carboxylic acids is 1. The number of esters is 1. The van der Waals surface area contributed by atoms with Crippen molar-refractivity contribution in [3.8, 4) is 0 Å². The SMILES string of the molecule is CCOC(C)=NCCCCCC(=O)OCc1ccccc1. The van der Waals surface area contributed by atoms with Crippen LogP contribution in [0.5, 0.6) is 0 Å². The monoisotopic (exact) mass is 291 g/mol. The van der Waals surface area contributed by atoms with Crippen LogP contribution in [0.15, 0.2) is 35.3 Å². The lowest BCUT2D eigenvalue weighted by molar-refractivity contribution is -0.145. The number of ether oxygens (including phenoxy) is 2. The van der Waals surface area contributed by atoms with Gasteiger partial charge in [-0.25, -0.2) is 0 Å². The fourth-order valence-electron chi connectivity index (χ4n) is 1.86. The van der Waals surface area contributed by atoms with Gasteiger partial charge >= 0.3 is 5.97 Å². The van der Waals surface area contributed by atoms with Gasteiger partial charge in [0.1, 0.15) is 6.61 Å². The van der Waals surface area contributed by atoms with E-state index in [1.807, 2.05) is 44.2 Å². The van der Waals surface area contributed by atoms with E-state index in [1.165, 1.54) is 0 Å². The predicted octanol–water partition coefficient (Wildman–Crippen LogP) is 3.75. The summed E-state index contributed by atoms with van der Waals surface area (Å²) in [4.78, 5) is 15.9. The number of hydrogen-bond donors (Lipinski definition) is 0. The zero-order chi connectivity index (χ0) is 15.3. The fourth-order valence-corrected chi connectivity index (χ4v) is 1.86. The lowest BCUT2D eigenvalue weighted by atomic mass is 10.2. The highest BCUT2D eigenvalue weighted by Gasteiger charge is 2.03. The van der Waals surface area contributed by atoms with E-state index < -0.39 is 0 Å². The maximum absolute atomic E-state index is 11.6. The molecule has 0 saturated carbocycles. The van der Waals surface area contributed by atoms with Crippen molar-refractivity contribution >= 4 is 11.9 Å². The normalized spacial score (nSPS) is 11.2. The van der Waals surface area contributed by atoms with Crippen LogP contribution in [0, 0.1) is 0 Å². The van der Waals surface area contributed by atoms with Gasteiger partial charge in [-0.15, -0.1) is 0 Å². The van der Waals surface area contributed by atoms with Crippen LogP contribution in [0.4, 0.5) is 0 Å². The second-order valence-corrected chi connectivity index (χ2v) is 4.79. The molecule has 0 bridgehead atoms. The molecule has 0 amide bonds. The third kappa shape index (κ3) is 8.84. The van der Waals surface area contributed by atoms with Crippen LogP contribution >= 0.6 is 0 Å². The minimum Gasteiger partial charge on any atom is -0.481 e. The highest BCUT2D eigenvalue weighted by molar-refractivity contribution is 5.73. The van der Waals surface area contributed by atoms with Crippen molar-refractivity contribution in [3.05, 3.63) is 35.9 Å². The summed E-state index contributed by atoms with van der Waals surface area (Å²) >= 11 is 0. The first kappa shape index (κ1) is 17.2. The molecule has 1 aromatic carbocycles. The van der Waals surface area contributed by atoms with E-state index in [2.05, 4.69) is 4.99 Å². The third-order valence-electron chi connectivity index (χ3n) is 2.97. The lowest BCUT2D eigenvalue weighted by Gasteiger charge is -2.05. The van der Waals surface area contributed by atoms with Crippen LogP contribution < -0.4 is 0 Å². The van der Waals surface area contributed by atoms with Crippen LogP contribution in [0.1, 0.15) is 45.1 Å². The van der Waals surface area contributed by atoms with E-state index in [4.69, 9.17) is 9.47 Å². The Labute approximate surface area is 127 Å². The molecule has 1 aromatic rings. The van der Waals surface area contributed by atoms with Crippen LogP contribution in [-0.2, 0) is 20.9 Å². The molecule has 0 radical (unpaired) electrons. The minimum atomic E-state index is -0.132. The van der Waals surface area contributed by atoms with Gasteiger partial charge in [-0.2, -0.15) is 0 Å². The molecule has 0 heterocycles. The summed E-state index contributed by atoms with van der Waals surface area (Å²) < 4.78 is 10.5. The van der Waals surface area contributed by atoms with E-state index >= 15 is 0 Å². The first-order chi connectivity index (χ1) is 10.2. The average molecular weight is 291 g/mol. The summed E-state index contributed by atoms with van der Waals surface area (Å²) in [5.74, 6) is 0.604. The Morgan fingerprint density at radius 3 is 2.57 bits per heavy atom. The number of benzene rings is 1. The van der Waals surface area contributed by atoms with Gasteiger partial charge in [-0.3, -0.25) is 9.79 Å². The molecule has 4 heteroatoms. The summed E-state index contributed by atoms with van der Waals surface area (Å²) in [6, 6.07) is 9.72. The maximum Gasteiger partial charge on any atom is 0.306 e. The second kappa shape index (κ2) is 10.9. The first-order valence-corrected chi connectivity index (χ1v) is 7.55. The number of aliphatic imine (C=N–C) groups is 1. The summed E-state index contributed by atoms with van der Waals surface area (Å²) in [5, 5.41) is 0. The Kier molecular flexibility index (Phi) is 8.93. The van der Waals surface area contributed by atoms with E-state index in [9.17, 15) is 4.79 Å². The molecule has 0 aliphatic heterocycles. The van der Waals surface area contributed by atoms with Gasteiger partial charge in [-0.05, 0) is 25.3 Å². The Morgan fingerprint density at radius 2 is 1.86 bits per heavy atom. The summed E-state index contributed by atoms with van der Waals surface area (Å²) in [6.45, 7) is 5.58. The molecule has 0 aliphatic rings. The largest absolute Gasteiger partial charge is 0.481 e. The molecule has 1 rings (SSSR count). The van der Waals surface area contributed by atoms with Gasteiger partial charge in [-0.1, -0.05) is 36.8 Å². The number of hydrogen-bond acceptors (Lipinski definition) is 4. The Hall–Kier alpha value is -1.84. The molecular weight excluding hydrogens is 266 g/mol. The Morgan fingerprint density at radius 1 is 1.10 bits per heavy atom. The number of nitrogens with zero attached hydrogens (tertiary/aromatic N) is 1. The van der Waals surface area contributed by atoms with Crippen molar-refractivity contribution in [2.75, 3.05) is 13.2 Å². The van der Waals surface area contributed by atoms with Crippen molar-refractivity contribution in [2.24, 2.45) is 4.99 Å². The van der Waals surface area contributed by atoms with Gasteiger partial charge in [0, 0.05) is 19.9 Å². The molecule has 0 atom stereocenters. The van der Waals surface area contributed by atoms with Crippen molar-refractivity contribution in [2.45, 2.75) is 46.1 Å². The van der Waals surface area contributed by atoms with E-state index in [-0.39, 0.29) is 5.97 Å². The molecule has 0 spiro atoms. The molecule has 116 valence electrons. The van der Waals surface area contributed by atoms with Crippen molar-refractivity contribution in [1.82, 2.24) is 0 Å². The highest BCUT2D eigenvalue weighted by Crippen LogP contribution is 2.05. The van der Waals surface area contributed by atoms with Gasteiger partial charge < -0.3 is 9.47 Å². The molecule has 0 unspecified atom stereocenters. The van der Waals surface area contributed by atoms with Gasteiger partial charge in [0.25, 0.3) is 0 Å². The van der Waals surface area contributed by atoms with Crippen LogP contribution in [-0.4, -0.2) is 25.0 Å². The predicted molar refractivity (Wildman–Crippen MR) is 84.3 cm³/mol. The Balaban J connectivity index is 2.02. The van der Waals surface area contributed by atoms with Crippen LogP contribution in [0.3, 0.4) is 0 Å². The molecule has 4 nitrogen and oxygen atoms in total. The van der Waals surface area contributed by atoms with Crippen LogP contribution in [0.25, 0.3) is 0 Å². The van der Waals surface area contributed by atoms with Crippen molar-refractivity contribution in [3.63, 3.8) is 0 Å². The molecule has 0 aliphatic carbocycles. The zero-order valence-corrected chi connectivity index (χ0v) is 13.0. The molecule has 21 heavy (non-hydrogen) atoms. The summed E-state index contributed by atoms with van der Waals surface area (Å²) in [5.41, 5.74) is 1.02. The molecular formula is C17H25NO3. The molecule has 0 fully saturated rings. The quantitative estimate of drug-likeness (QED) is 0.301. The number of carbonyl (C=O) groups is 1. The summed E-state index contributed by atoms with van der Waals surface area (Å²) in [7, 11) is 0. The Bertz CT molecular complexity index is 429. The zero-order valence-electron chi connectivity index (χ0n) is 13.0. The molecule has 0 saturated heterocycles. The topological polar surface area (TPSA) is 47.9 Å². The third-order valence-corrected chi connectivity index (χ3v) is 2.97. The van der Waals surface area contributed by atoms with E-state index in [1.54, 1.807) is 0 Å². The number of unbranched alkanes of at least 4 members (excludes halogenated alkanes) is 2. The smallest absolute Gasteiger partial charge is 0.306 e. The highest BCUT2D eigenvalue weighted by atomic mass is 16.5. The van der Waals surface area contributed by atoms with Gasteiger partial charge in [0.2, 0.25) is 0 Å². The minimum absolute atomic E-state index is 0.132. The van der Waals surface area contributed by atoms with Gasteiger partial charge in [0.15, 0.2) is 5.90 Å². The summed E-state index contributed by atoms with van der Waals surface area (Å²) in [6.07, 6.45) is 3.26. The fraction of sp³-hybridized carbons (Fsp3) is 0.529. The van der Waals surface area contributed by atoms with E-state index in [0.717, 1.165) is 37.3 Å². The standard InChI is InChI=1S/C17H25NO3/c1-3-20-15(2)18-13-9-5-8-12-17(19)21-14-16-10-6-4-7-11-16/h4,6-7,10-11H,3,5,8-9,12-14H2,1-2H3.